The highest BCUT2D eigenvalue weighted by Crippen LogP contribution is 2.30. The fraction of sp³-hybridized carbons (Fsp3) is 0.345. The number of aliphatic hydroxyl groups excluding tert-OH is 1. The molecule has 4 aromatic rings. The highest BCUT2D eigenvalue weighted by Gasteiger charge is 2.25. The Morgan fingerprint density at radius 2 is 1.71 bits per heavy atom. The summed E-state index contributed by atoms with van der Waals surface area (Å²) in [6, 6.07) is 17.1. The monoisotopic (exact) mass is 516 g/mol. The number of rotatable bonds is 4. The molecule has 0 atom stereocenters. The number of fused-ring (bicyclic) bond motifs is 2. The Bertz CT molecular complexity index is 1570. The predicted molar refractivity (Wildman–Crippen MR) is 146 cm³/mol. The Labute approximate surface area is 220 Å². The number of hydrogen-bond donors (Lipinski definition) is 2. The molecule has 2 aromatic carbocycles. The second-order valence-electron chi connectivity index (χ2n) is 10.7. The van der Waals surface area contributed by atoms with Gasteiger partial charge in [0.2, 0.25) is 5.91 Å². The van der Waals surface area contributed by atoms with E-state index in [1.165, 1.54) is 4.57 Å². The van der Waals surface area contributed by atoms with Gasteiger partial charge in [0.05, 0.1) is 16.8 Å². The lowest BCUT2D eigenvalue weighted by Crippen LogP contribution is -2.49. The van der Waals surface area contributed by atoms with Crippen LogP contribution in [0.3, 0.4) is 0 Å². The number of nitrogens with zero attached hydrogens (tertiary/aromatic N) is 3. The van der Waals surface area contributed by atoms with Crippen molar-refractivity contribution in [3.05, 3.63) is 70.5 Å². The average Bonchev–Trinajstić information content (AvgIpc) is 3.26. The third-order valence-corrected chi connectivity index (χ3v) is 6.74. The summed E-state index contributed by atoms with van der Waals surface area (Å²) in [4.78, 5) is 45.1. The minimum atomic E-state index is -0.708. The molecule has 0 radical (unpaired) electrons. The van der Waals surface area contributed by atoms with Crippen molar-refractivity contribution in [2.24, 2.45) is 0 Å². The molecule has 1 fully saturated rings. The lowest BCUT2D eigenvalue weighted by molar-refractivity contribution is -0.136. The van der Waals surface area contributed by atoms with Crippen LogP contribution in [0.15, 0.2) is 59.4 Å². The van der Waals surface area contributed by atoms with Gasteiger partial charge in [-0.05, 0) is 62.1 Å². The third kappa shape index (κ3) is 5.20. The average molecular weight is 517 g/mol. The smallest absolute Gasteiger partial charge is 0.419 e. The van der Waals surface area contributed by atoms with Crippen molar-refractivity contribution in [2.45, 2.75) is 32.9 Å². The maximum Gasteiger partial charge on any atom is 0.419 e. The molecule has 38 heavy (non-hydrogen) atoms. The van der Waals surface area contributed by atoms with Crippen molar-refractivity contribution in [3.8, 4) is 11.3 Å². The number of piperazine rings is 1. The fourth-order valence-corrected chi connectivity index (χ4v) is 4.92. The fourth-order valence-electron chi connectivity index (χ4n) is 4.92. The van der Waals surface area contributed by atoms with E-state index in [4.69, 9.17) is 9.84 Å². The van der Waals surface area contributed by atoms with E-state index >= 15 is 0 Å². The van der Waals surface area contributed by atoms with Gasteiger partial charge in [0.1, 0.15) is 12.2 Å². The molecular formula is C29H32N4O5. The third-order valence-electron chi connectivity index (χ3n) is 6.74. The molecule has 1 aliphatic heterocycles. The van der Waals surface area contributed by atoms with Crippen LogP contribution in [-0.2, 0) is 16.1 Å². The van der Waals surface area contributed by atoms with Gasteiger partial charge in [-0.25, -0.2) is 9.36 Å². The number of aromatic nitrogens is 2. The number of carbonyl (C=O) groups is 2. The number of pyridine rings is 1. The first kappa shape index (κ1) is 25.7. The number of benzene rings is 2. The number of amides is 1. The van der Waals surface area contributed by atoms with Crippen LogP contribution in [0.1, 0.15) is 26.3 Å². The Hall–Kier alpha value is -3.95. The van der Waals surface area contributed by atoms with Gasteiger partial charge >= 0.3 is 6.09 Å². The van der Waals surface area contributed by atoms with Crippen molar-refractivity contribution < 1.29 is 19.4 Å². The molecule has 1 amide bonds. The number of hydrogen-bond acceptors (Lipinski definition) is 6. The largest absolute Gasteiger partial charge is 0.443 e. The van der Waals surface area contributed by atoms with Gasteiger partial charge in [-0.1, -0.05) is 24.3 Å². The van der Waals surface area contributed by atoms with Gasteiger partial charge in [-0.3, -0.25) is 14.5 Å². The second kappa shape index (κ2) is 10.1. The van der Waals surface area contributed by atoms with Crippen molar-refractivity contribution >= 4 is 33.8 Å². The lowest BCUT2D eigenvalue weighted by atomic mass is 10.1. The molecule has 1 aliphatic rings. The SMILES string of the molecule is CC(C)(C)OC(=O)n1c(-c2cc3ccccc3[nH]c2=O)cc2cc(CN3CCN(C(=O)CO)CC3)ccc21. The maximum atomic E-state index is 13.4. The van der Waals surface area contributed by atoms with Gasteiger partial charge in [-0.15, -0.1) is 0 Å². The Kier molecular flexibility index (Phi) is 6.81. The number of nitrogens with one attached hydrogen (secondary N) is 1. The molecule has 0 spiro atoms. The number of ether oxygens (including phenoxy) is 1. The molecular weight excluding hydrogens is 484 g/mol. The van der Waals surface area contributed by atoms with Crippen LogP contribution < -0.4 is 5.56 Å². The minimum absolute atomic E-state index is 0.245. The number of para-hydroxylation sites is 1. The topological polar surface area (TPSA) is 108 Å². The van der Waals surface area contributed by atoms with Crippen molar-refractivity contribution in [1.29, 1.82) is 0 Å². The molecule has 0 bridgehead atoms. The quantitative estimate of drug-likeness (QED) is 0.429. The van der Waals surface area contributed by atoms with E-state index in [0.717, 1.165) is 21.9 Å². The summed E-state index contributed by atoms with van der Waals surface area (Å²) >= 11 is 0. The molecule has 0 aliphatic carbocycles. The van der Waals surface area contributed by atoms with E-state index in [1.54, 1.807) is 11.0 Å². The first-order chi connectivity index (χ1) is 18.1. The van der Waals surface area contributed by atoms with Gasteiger partial charge in [0.15, 0.2) is 0 Å². The summed E-state index contributed by atoms with van der Waals surface area (Å²) < 4.78 is 7.20. The summed E-state index contributed by atoms with van der Waals surface area (Å²) in [6.07, 6.45) is -0.549. The predicted octanol–water partition coefficient (Wildman–Crippen LogP) is 3.57. The molecule has 9 heteroatoms. The van der Waals surface area contributed by atoms with Gasteiger partial charge < -0.3 is 19.7 Å². The first-order valence-corrected chi connectivity index (χ1v) is 12.7. The van der Waals surface area contributed by atoms with Crippen LogP contribution in [0.25, 0.3) is 33.1 Å². The van der Waals surface area contributed by atoms with Crippen LogP contribution in [0, 0.1) is 0 Å². The zero-order valence-electron chi connectivity index (χ0n) is 21.9. The Morgan fingerprint density at radius 1 is 0.974 bits per heavy atom. The highest BCUT2D eigenvalue weighted by molar-refractivity contribution is 5.97. The Balaban J connectivity index is 1.52. The number of H-pyrrole nitrogens is 1. The molecule has 9 nitrogen and oxygen atoms in total. The van der Waals surface area contributed by atoms with Crippen molar-refractivity contribution in [1.82, 2.24) is 19.4 Å². The van der Waals surface area contributed by atoms with Crippen LogP contribution >= 0.6 is 0 Å². The molecule has 2 N–H and O–H groups in total. The van der Waals surface area contributed by atoms with Crippen molar-refractivity contribution in [3.63, 3.8) is 0 Å². The highest BCUT2D eigenvalue weighted by atomic mass is 16.6. The number of carbonyl (C=O) groups excluding carboxylic acids is 2. The first-order valence-electron chi connectivity index (χ1n) is 12.7. The minimum Gasteiger partial charge on any atom is -0.443 e. The van der Waals surface area contributed by atoms with Crippen LogP contribution in [-0.4, -0.2) is 74.8 Å². The van der Waals surface area contributed by atoms with E-state index in [1.807, 2.05) is 69.3 Å². The summed E-state index contributed by atoms with van der Waals surface area (Å²) in [7, 11) is 0. The van der Waals surface area contributed by atoms with Crippen molar-refractivity contribution in [2.75, 3.05) is 32.8 Å². The van der Waals surface area contributed by atoms with Gasteiger partial charge in [0, 0.05) is 43.6 Å². The summed E-state index contributed by atoms with van der Waals surface area (Å²) in [6.45, 7) is 8.22. The summed E-state index contributed by atoms with van der Waals surface area (Å²) in [5.74, 6) is -0.245. The molecule has 0 saturated carbocycles. The van der Waals surface area contributed by atoms with Crippen LogP contribution in [0.4, 0.5) is 4.79 Å². The maximum absolute atomic E-state index is 13.4. The molecule has 3 heterocycles. The van der Waals surface area contributed by atoms with E-state index in [2.05, 4.69) is 9.88 Å². The lowest BCUT2D eigenvalue weighted by Gasteiger charge is -2.34. The standard InChI is InChI=1S/C29H32N4O5/c1-29(2,3)38-28(37)33-24-9-8-19(17-31-10-12-32(13-11-31)26(35)18-34)14-21(24)16-25(33)22-15-20-6-4-5-7-23(20)30-27(22)36/h4-9,14-16,34H,10-13,17-18H2,1-3H3,(H,30,36). The van der Waals surface area contributed by atoms with E-state index in [9.17, 15) is 14.4 Å². The summed E-state index contributed by atoms with van der Waals surface area (Å²) in [5.41, 5.74) is 2.30. The molecule has 5 rings (SSSR count). The summed E-state index contributed by atoms with van der Waals surface area (Å²) in [5, 5.41) is 10.8. The normalized spacial score (nSPS) is 14.8. The van der Waals surface area contributed by atoms with E-state index in [0.29, 0.717) is 49.5 Å². The molecule has 1 saturated heterocycles. The molecule has 198 valence electrons. The van der Waals surface area contributed by atoms with Crippen LogP contribution in [0.5, 0.6) is 0 Å². The zero-order chi connectivity index (χ0) is 27.0. The number of aromatic amines is 1. The van der Waals surface area contributed by atoms with Gasteiger partial charge in [0.25, 0.3) is 5.56 Å². The zero-order valence-corrected chi connectivity index (χ0v) is 21.9. The van der Waals surface area contributed by atoms with E-state index in [-0.39, 0.29) is 11.5 Å². The van der Waals surface area contributed by atoms with E-state index < -0.39 is 18.3 Å². The second-order valence-corrected chi connectivity index (χ2v) is 10.7. The van der Waals surface area contributed by atoms with Crippen LogP contribution in [0.2, 0.25) is 0 Å². The molecule has 0 unspecified atom stereocenters. The number of aliphatic hydroxyl groups is 1. The van der Waals surface area contributed by atoms with Gasteiger partial charge in [-0.2, -0.15) is 0 Å². The molecule has 2 aromatic heterocycles. The Morgan fingerprint density at radius 3 is 2.42 bits per heavy atom.